The normalized spacial score (nSPS) is 14.6. The molecule has 0 bridgehead atoms. The number of aromatic nitrogens is 2. The summed E-state index contributed by atoms with van der Waals surface area (Å²) in [7, 11) is 3.23. The van der Waals surface area contributed by atoms with E-state index in [4.69, 9.17) is 5.73 Å². The van der Waals surface area contributed by atoms with Gasteiger partial charge in [0.2, 0.25) is 5.91 Å². The minimum absolute atomic E-state index is 0.0435. The molecular formula is C16H24BrF3N6O. The van der Waals surface area contributed by atoms with Gasteiger partial charge in [0.15, 0.2) is 5.69 Å². The molecule has 27 heavy (non-hydrogen) atoms. The quantitative estimate of drug-likeness (QED) is 0.526. The highest BCUT2D eigenvalue weighted by atomic mass is 79.9. The molecule has 0 saturated carbocycles. The fourth-order valence-corrected chi connectivity index (χ4v) is 2.79. The number of amides is 1. The van der Waals surface area contributed by atoms with E-state index in [1.54, 1.807) is 34.2 Å². The Bertz CT molecular complexity index is 711. The minimum Gasteiger partial charge on any atom is -0.404 e. The van der Waals surface area contributed by atoms with Crippen LogP contribution in [0.1, 0.15) is 26.0 Å². The van der Waals surface area contributed by atoms with E-state index in [0.29, 0.717) is 12.0 Å². The van der Waals surface area contributed by atoms with Gasteiger partial charge in [-0.2, -0.15) is 18.3 Å². The first-order valence-corrected chi connectivity index (χ1v) is 8.85. The molecule has 0 radical (unpaired) electrons. The lowest BCUT2D eigenvalue weighted by Crippen LogP contribution is -2.53. The summed E-state index contributed by atoms with van der Waals surface area (Å²) in [6.45, 7) is 3.44. The van der Waals surface area contributed by atoms with Crippen LogP contribution in [0.4, 0.5) is 13.2 Å². The van der Waals surface area contributed by atoms with Crippen LogP contribution < -0.4 is 16.4 Å². The van der Waals surface area contributed by atoms with Crippen molar-refractivity contribution in [3.8, 4) is 0 Å². The molecule has 1 heterocycles. The lowest BCUT2D eigenvalue weighted by atomic mass is 10.0. The van der Waals surface area contributed by atoms with Crippen molar-refractivity contribution < 1.29 is 18.0 Å². The van der Waals surface area contributed by atoms with Gasteiger partial charge in [0, 0.05) is 19.3 Å². The first kappa shape index (κ1) is 23.2. The zero-order valence-corrected chi connectivity index (χ0v) is 17.1. The van der Waals surface area contributed by atoms with Gasteiger partial charge in [0.25, 0.3) is 0 Å². The second-order valence-corrected chi connectivity index (χ2v) is 7.37. The van der Waals surface area contributed by atoms with Gasteiger partial charge in [-0.1, -0.05) is 0 Å². The summed E-state index contributed by atoms with van der Waals surface area (Å²) < 4.78 is 39.7. The Balaban J connectivity index is 2.86. The zero-order valence-electron chi connectivity index (χ0n) is 15.6. The number of aliphatic imine (C=N–C) groups is 1. The number of alkyl halides is 3. The molecule has 0 spiro atoms. The molecule has 0 unspecified atom stereocenters. The standard InChI is InChI=1S/C16H24BrF3N6O/c1-15(2,9-26-13(17)6-12(25-26)16(18,19)20)24-14(27)11(23-4)5-10(7-21)8-22-3/h6-8,11,23H,5,9,21H2,1-4H3,(H,24,27)/b10-7-,22-8?/t11-/m1/s1. The molecule has 0 fully saturated rings. The van der Waals surface area contributed by atoms with Gasteiger partial charge < -0.3 is 16.4 Å². The van der Waals surface area contributed by atoms with E-state index in [1.165, 1.54) is 6.20 Å². The average molecular weight is 453 g/mol. The van der Waals surface area contributed by atoms with E-state index in [0.717, 1.165) is 10.7 Å². The number of halogens is 4. The average Bonchev–Trinajstić information content (AvgIpc) is 2.91. The first-order chi connectivity index (χ1) is 12.4. The Morgan fingerprint density at radius 1 is 1.48 bits per heavy atom. The van der Waals surface area contributed by atoms with Gasteiger partial charge in [0.05, 0.1) is 18.1 Å². The van der Waals surface area contributed by atoms with Crippen molar-refractivity contribution in [1.29, 1.82) is 0 Å². The third-order valence-electron chi connectivity index (χ3n) is 3.64. The lowest BCUT2D eigenvalue weighted by molar-refractivity contribution is -0.141. The third-order valence-corrected chi connectivity index (χ3v) is 4.28. The van der Waals surface area contributed by atoms with Gasteiger partial charge >= 0.3 is 6.18 Å². The van der Waals surface area contributed by atoms with Crippen molar-refractivity contribution in [3.63, 3.8) is 0 Å². The van der Waals surface area contributed by atoms with E-state index in [1.807, 2.05) is 0 Å². The smallest absolute Gasteiger partial charge is 0.404 e. The van der Waals surface area contributed by atoms with Gasteiger partial charge in [-0.05, 0) is 55.0 Å². The molecule has 1 atom stereocenters. The maximum absolute atomic E-state index is 12.8. The Morgan fingerprint density at radius 2 is 2.11 bits per heavy atom. The molecule has 11 heteroatoms. The topological polar surface area (TPSA) is 97.3 Å². The summed E-state index contributed by atoms with van der Waals surface area (Å²) in [5.41, 5.74) is 4.35. The number of hydrogen-bond acceptors (Lipinski definition) is 5. The fourth-order valence-electron chi connectivity index (χ4n) is 2.37. The summed E-state index contributed by atoms with van der Waals surface area (Å²) in [6.07, 6.45) is -1.29. The van der Waals surface area contributed by atoms with Gasteiger partial charge in [0.1, 0.15) is 4.60 Å². The molecule has 0 aliphatic carbocycles. The van der Waals surface area contributed by atoms with Gasteiger partial charge in [-0.15, -0.1) is 0 Å². The van der Waals surface area contributed by atoms with E-state index < -0.39 is 23.5 Å². The van der Waals surface area contributed by atoms with Crippen LogP contribution in [-0.4, -0.2) is 47.6 Å². The van der Waals surface area contributed by atoms with Crippen molar-refractivity contribution in [2.45, 2.75) is 44.6 Å². The zero-order chi connectivity index (χ0) is 20.8. The van der Waals surface area contributed by atoms with Crippen LogP contribution in [0.2, 0.25) is 0 Å². The molecule has 1 aromatic heterocycles. The predicted octanol–water partition coefficient (Wildman–Crippen LogP) is 2.08. The van der Waals surface area contributed by atoms with Crippen LogP contribution in [0.3, 0.4) is 0 Å². The molecule has 152 valence electrons. The van der Waals surface area contributed by atoms with E-state index in [-0.39, 0.29) is 17.1 Å². The summed E-state index contributed by atoms with van der Waals surface area (Å²) in [6, 6.07) is 0.320. The number of carbonyl (C=O) groups is 1. The maximum atomic E-state index is 12.8. The minimum atomic E-state index is -4.54. The summed E-state index contributed by atoms with van der Waals surface area (Å²) in [5.74, 6) is -0.314. The summed E-state index contributed by atoms with van der Waals surface area (Å²) >= 11 is 3.07. The Hall–Kier alpha value is -1.88. The first-order valence-electron chi connectivity index (χ1n) is 8.06. The Morgan fingerprint density at radius 3 is 2.56 bits per heavy atom. The van der Waals surface area contributed by atoms with Crippen molar-refractivity contribution in [1.82, 2.24) is 20.4 Å². The van der Waals surface area contributed by atoms with E-state index in [2.05, 4.69) is 36.7 Å². The van der Waals surface area contributed by atoms with Crippen molar-refractivity contribution in [2.75, 3.05) is 14.1 Å². The summed E-state index contributed by atoms with van der Waals surface area (Å²) in [4.78, 5) is 16.5. The Labute approximate surface area is 164 Å². The third kappa shape index (κ3) is 6.98. The van der Waals surface area contributed by atoms with Crippen LogP contribution in [0, 0.1) is 0 Å². The van der Waals surface area contributed by atoms with Crippen LogP contribution in [-0.2, 0) is 17.5 Å². The molecule has 1 aromatic rings. The van der Waals surface area contributed by atoms with Gasteiger partial charge in [-0.3, -0.25) is 14.5 Å². The fraction of sp³-hybridized carbons (Fsp3) is 0.562. The number of nitrogens with zero attached hydrogens (tertiary/aromatic N) is 3. The molecular weight excluding hydrogens is 429 g/mol. The molecule has 7 nitrogen and oxygen atoms in total. The van der Waals surface area contributed by atoms with Crippen LogP contribution in [0.5, 0.6) is 0 Å². The number of nitrogens with two attached hydrogens (primary N) is 1. The highest BCUT2D eigenvalue weighted by Gasteiger charge is 2.35. The molecule has 0 aliphatic rings. The van der Waals surface area contributed by atoms with Gasteiger partial charge in [-0.25, -0.2) is 0 Å². The van der Waals surface area contributed by atoms with E-state index >= 15 is 0 Å². The highest BCUT2D eigenvalue weighted by molar-refractivity contribution is 9.10. The van der Waals surface area contributed by atoms with Crippen molar-refractivity contribution >= 4 is 28.1 Å². The SMILES string of the molecule is CN=C/C(=C\N)C[C@@H](NC)C(=O)NC(C)(C)Cn1nc(C(F)(F)F)cc1Br. The second kappa shape index (κ2) is 9.36. The maximum Gasteiger partial charge on any atom is 0.435 e. The Kier molecular flexibility index (Phi) is 8.03. The molecule has 0 saturated heterocycles. The van der Waals surface area contributed by atoms with E-state index in [9.17, 15) is 18.0 Å². The predicted molar refractivity (Wildman–Crippen MR) is 101 cm³/mol. The number of likely N-dealkylation sites (N-methyl/N-ethyl adjacent to an activating group) is 1. The largest absolute Gasteiger partial charge is 0.435 e. The molecule has 1 rings (SSSR count). The molecule has 0 aliphatic heterocycles. The number of hydrogen-bond donors (Lipinski definition) is 3. The van der Waals surface area contributed by atoms with Crippen LogP contribution in [0.15, 0.2) is 27.4 Å². The monoisotopic (exact) mass is 452 g/mol. The second-order valence-electron chi connectivity index (χ2n) is 6.56. The van der Waals surface area contributed by atoms with Crippen LogP contribution >= 0.6 is 15.9 Å². The van der Waals surface area contributed by atoms with Crippen LogP contribution in [0.25, 0.3) is 0 Å². The lowest BCUT2D eigenvalue weighted by Gasteiger charge is -2.29. The number of rotatable bonds is 8. The summed E-state index contributed by atoms with van der Waals surface area (Å²) in [5, 5.41) is 9.28. The number of nitrogens with one attached hydrogen (secondary N) is 2. The molecule has 0 aromatic carbocycles. The number of carbonyl (C=O) groups excluding carboxylic acids is 1. The van der Waals surface area contributed by atoms with Crippen molar-refractivity contribution in [3.05, 3.63) is 28.1 Å². The van der Waals surface area contributed by atoms with Crippen molar-refractivity contribution in [2.24, 2.45) is 10.7 Å². The molecule has 1 amide bonds. The highest BCUT2D eigenvalue weighted by Crippen LogP contribution is 2.30. The molecule has 4 N–H and O–H groups in total.